The number of carbonyl (C=O) groups excluding carboxylic acids is 1. The fourth-order valence-corrected chi connectivity index (χ4v) is 2.27. The van der Waals surface area contributed by atoms with E-state index in [-0.39, 0.29) is 11.7 Å². The molecule has 0 aliphatic carbocycles. The molecule has 3 rings (SSSR count). The Kier molecular flexibility index (Phi) is 5.04. The molecule has 0 atom stereocenters. The first-order valence-corrected chi connectivity index (χ1v) is 7.92. The molecule has 4 nitrogen and oxygen atoms in total. The summed E-state index contributed by atoms with van der Waals surface area (Å²) in [7, 11) is 0. The smallest absolute Gasteiger partial charge is 0.274 e. The quantitative estimate of drug-likeness (QED) is 0.727. The fraction of sp³-hybridized carbons (Fsp3) is 0.100. The number of anilines is 2. The predicted molar refractivity (Wildman–Crippen MR) is 97.1 cm³/mol. The minimum atomic E-state index is -0.347. The van der Waals surface area contributed by atoms with Crippen LogP contribution in [0.4, 0.5) is 15.8 Å². The topological polar surface area (TPSA) is 54.0 Å². The molecule has 3 aromatic rings. The molecule has 1 heterocycles. The number of hydrogen-bond donors (Lipinski definition) is 2. The fourth-order valence-electron chi connectivity index (χ4n) is 2.27. The maximum absolute atomic E-state index is 12.9. The average Bonchev–Trinajstić information content (AvgIpc) is 2.63. The molecule has 1 amide bonds. The van der Waals surface area contributed by atoms with Crippen LogP contribution in [0.15, 0.2) is 66.9 Å². The molecule has 0 saturated carbocycles. The van der Waals surface area contributed by atoms with Gasteiger partial charge in [0.15, 0.2) is 0 Å². The molecule has 2 aromatic carbocycles. The molecule has 0 aliphatic rings. The monoisotopic (exact) mass is 335 g/mol. The maximum Gasteiger partial charge on any atom is 0.274 e. The van der Waals surface area contributed by atoms with Crippen LogP contribution in [0.25, 0.3) is 0 Å². The van der Waals surface area contributed by atoms with Crippen molar-refractivity contribution in [3.8, 4) is 0 Å². The highest BCUT2D eigenvalue weighted by Crippen LogP contribution is 2.12. The van der Waals surface area contributed by atoms with Crippen LogP contribution in [0.2, 0.25) is 0 Å². The molecule has 2 N–H and O–H groups in total. The highest BCUT2D eigenvalue weighted by Gasteiger charge is 2.07. The summed E-state index contributed by atoms with van der Waals surface area (Å²) in [6, 6.07) is 17.3. The molecule has 0 bridgehead atoms. The Morgan fingerprint density at radius 3 is 2.28 bits per heavy atom. The Morgan fingerprint density at radius 2 is 1.64 bits per heavy atom. The lowest BCUT2D eigenvalue weighted by Gasteiger charge is -2.08. The third-order valence-electron chi connectivity index (χ3n) is 3.72. The van der Waals surface area contributed by atoms with Crippen LogP contribution in [0.1, 0.15) is 21.6 Å². The van der Waals surface area contributed by atoms with Crippen LogP contribution in [-0.2, 0) is 6.54 Å². The van der Waals surface area contributed by atoms with Crippen molar-refractivity contribution in [2.75, 3.05) is 10.6 Å². The van der Waals surface area contributed by atoms with Gasteiger partial charge in [-0.05, 0) is 48.9 Å². The maximum atomic E-state index is 12.9. The van der Waals surface area contributed by atoms with Gasteiger partial charge in [0, 0.05) is 12.2 Å². The SMILES string of the molecule is Cc1ccc(CNc2ccc(C(=O)Nc3ccc(F)cc3)nc2)cc1. The van der Waals surface area contributed by atoms with Gasteiger partial charge in [0.1, 0.15) is 11.5 Å². The number of carbonyl (C=O) groups is 1. The second-order valence-electron chi connectivity index (χ2n) is 5.73. The van der Waals surface area contributed by atoms with Crippen LogP contribution >= 0.6 is 0 Å². The molecule has 0 unspecified atom stereocenters. The van der Waals surface area contributed by atoms with E-state index in [2.05, 4.69) is 46.8 Å². The zero-order valence-corrected chi connectivity index (χ0v) is 13.8. The summed E-state index contributed by atoms with van der Waals surface area (Å²) in [5.41, 5.74) is 4.05. The molecular weight excluding hydrogens is 317 g/mol. The Balaban J connectivity index is 1.58. The van der Waals surface area contributed by atoms with Gasteiger partial charge in [-0.2, -0.15) is 0 Å². The van der Waals surface area contributed by atoms with E-state index in [0.717, 1.165) is 5.69 Å². The lowest BCUT2D eigenvalue weighted by atomic mass is 10.1. The number of amides is 1. The number of aromatic nitrogens is 1. The summed E-state index contributed by atoms with van der Waals surface area (Å²) in [6.07, 6.45) is 1.62. The molecule has 0 fully saturated rings. The first-order valence-electron chi connectivity index (χ1n) is 7.92. The van der Waals surface area contributed by atoms with Crippen LogP contribution < -0.4 is 10.6 Å². The number of aryl methyl sites for hydroxylation is 1. The zero-order valence-electron chi connectivity index (χ0n) is 13.8. The first kappa shape index (κ1) is 16.6. The van der Waals surface area contributed by atoms with Gasteiger partial charge in [-0.25, -0.2) is 9.37 Å². The summed E-state index contributed by atoms with van der Waals surface area (Å²) in [4.78, 5) is 16.3. The lowest BCUT2D eigenvalue weighted by Crippen LogP contribution is -2.13. The van der Waals surface area contributed by atoms with E-state index in [4.69, 9.17) is 0 Å². The van der Waals surface area contributed by atoms with Gasteiger partial charge < -0.3 is 10.6 Å². The van der Waals surface area contributed by atoms with E-state index in [1.807, 2.05) is 0 Å². The second kappa shape index (κ2) is 7.57. The summed E-state index contributed by atoms with van der Waals surface area (Å²) in [5.74, 6) is -0.683. The van der Waals surface area contributed by atoms with Crippen molar-refractivity contribution in [1.82, 2.24) is 4.98 Å². The van der Waals surface area contributed by atoms with Crippen LogP contribution in [0.5, 0.6) is 0 Å². The number of hydrogen-bond acceptors (Lipinski definition) is 3. The normalized spacial score (nSPS) is 10.3. The zero-order chi connectivity index (χ0) is 17.6. The Morgan fingerprint density at radius 1 is 0.960 bits per heavy atom. The van der Waals surface area contributed by atoms with Gasteiger partial charge in [0.25, 0.3) is 5.91 Å². The van der Waals surface area contributed by atoms with Gasteiger partial charge in [0.2, 0.25) is 0 Å². The molecule has 25 heavy (non-hydrogen) atoms. The van der Waals surface area contributed by atoms with Crippen molar-refractivity contribution in [3.63, 3.8) is 0 Å². The van der Waals surface area contributed by atoms with E-state index >= 15 is 0 Å². The van der Waals surface area contributed by atoms with Crippen LogP contribution in [0, 0.1) is 12.7 Å². The van der Waals surface area contributed by atoms with E-state index in [1.165, 1.54) is 35.4 Å². The molecule has 0 saturated heterocycles. The molecular formula is C20H18FN3O. The molecule has 0 radical (unpaired) electrons. The molecule has 1 aromatic heterocycles. The molecule has 126 valence electrons. The number of benzene rings is 2. The minimum absolute atomic E-state index is 0.296. The highest BCUT2D eigenvalue weighted by molar-refractivity contribution is 6.02. The van der Waals surface area contributed by atoms with Crippen molar-refractivity contribution in [2.24, 2.45) is 0 Å². The van der Waals surface area contributed by atoms with Crippen molar-refractivity contribution in [1.29, 1.82) is 0 Å². The number of nitrogens with one attached hydrogen (secondary N) is 2. The van der Waals surface area contributed by atoms with E-state index in [1.54, 1.807) is 18.3 Å². The standard InChI is InChI=1S/C20H18FN3O/c1-14-2-4-15(5-3-14)12-22-18-10-11-19(23-13-18)20(25)24-17-8-6-16(21)7-9-17/h2-11,13,22H,12H2,1H3,(H,24,25). The largest absolute Gasteiger partial charge is 0.380 e. The minimum Gasteiger partial charge on any atom is -0.380 e. The van der Waals surface area contributed by atoms with E-state index in [9.17, 15) is 9.18 Å². The van der Waals surface area contributed by atoms with Gasteiger partial charge in [-0.15, -0.1) is 0 Å². The van der Waals surface area contributed by atoms with Gasteiger partial charge in [0.05, 0.1) is 11.9 Å². The van der Waals surface area contributed by atoms with Crippen molar-refractivity contribution in [3.05, 3.63) is 89.5 Å². The van der Waals surface area contributed by atoms with E-state index < -0.39 is 0 Å². The number of pyridine rings is 1. The number of nitrogens with zero attached hydrogens (tertiary/aromatic N) is 1. The summed E-state index contributed by atoms with van der Waals surface area (Å²) in [6.45, 7) is 2.74. The molecule has 0 aliphatic heterocycles. The molecule has 5 heteroatoms. The number of halogens is 1. The second-order valence-corrected chi connectivity index (χ2v) is 5.73. The summed E-state index contributed by atoms with van der Waals surface area (Å²) >= 11 is 0. The lowest BCUT2D eigenvalue weighted by molar-refractivity contribution is 0.102. The number of rotatable bonds is 5. The Hall–Kier alpha value is -3.21. The van der Waals surface area contributed by atoms with Crippen molar-refractivity contribution >= 4 is 17.3 Å². The van der Waals surface area contributed by atoms with Crippen LogP contribution in [-0.4, -0.2) is 10.9 Å². The average molecular weight is 335 g/mol. The van der Waals surface area contributed by atoms with Gasteiger partial charge >= 0.3 is 0 Å². The Labute approximate surface area is 145 Å². The highest BCUT2D eigenvalue weighted by atomic mass is 19.1. The first-order chi connectivity index (χ1) is 12.1. The van der Waals surface area contributed by atoms with Gasteiger partial charge in [-0.3, -0.25) is 4.79 Å². The summed E-state index contributed by atoms with van der Waals surface area (Å²) < 4.78 is 12.9. The van der Waals surface area contributed by atoms with Crippen LogP contribution in [0.3, 0.4) is 0 Å². The third-order valence-corrected chi connectivity index (χ3v) is 3.72. The van der Waals surface area contributed by atoms with E-state index in [0.29, 0.717) is 17.9 Å². The van der Waals surface area contributed by atoms with Crippen molar-refractivity contribution in [2.45, 2.75) is 13.5 Å². The third kappa shape index (κ3) is 4.64. The molecule has 0 spiro atoms. The van der Waals surface area contributed by atoms with Crippen molar-refractivity contribution < 1.29 is 9.18 Å². The Bertz CT molecular complexity index is 844. The summed E-state index contributed by atoms with van der Waals surface area (Å²) in [5, 5.41) is 5.95. The predicted octanol–water partition coefficient (Wildman–Crippen LogP) is 4.39. The van der Waals surface area contributed by atoms with Gasteiger partial charge in [-0.1, -0.05) is 29.8 Å².